The van der Waals surface area contributed by atoms with E-state index in [9.17, 15) is 4.39 Å². The third-order valence-electron chi connectivity index (χ3n) is 2.57. The van der Waals surface area contributed by atoms with Crippen molar-refractivity contribution in [3.63, 3.8) is 0 Å². The molecule has 0 aliphatic rings. The molecule has 1 rings (SSSR count). The molecule has 0 aliphatic heterocycles. The van der Waals surface area contributed by atoms with Crippen molar-refractivity contribution >= 4 is 15.9 Å². The van der Waals surface area contributed by atoms with E-state index in [1.54, 1.807) is 6.07 Å². The lowest BCUT2D eigenvalue weighted by Gasteiger charge is -2.09. The largest absolute Gasteiger partial charge is 0.491 e. The molecular formula is C14H21BrFNO. The number of ether oxygens (including phenoxy) is 1. The summed E-state index contributed by atoms with van der Waals surface area (Å²) in [6.07, 6.45) is 2.44. The first-order valence-electron chi connectivity index (χ1n) is 6.38. The number of halogens is 2. The van der Waals surface area contributed by atoms with Crippen molar-refractivity contribution < 1.29 is 9.13 Å². The van der Waals surface area contributed by atoms with Crippen molar-refractivity contribution in [2.45, 2.75) is 26.7 Å². The van der Waals surface area contributed by atoms with Gasteiger partial charge in [-0.25, -0.2) is 4.39 Å². The second kappa shape index (κ2) is 8.48. The minimum absolute atomic E-state index is 0.263. The van der Waals surface area contributed by atoms with Crippen LogP contribution in [0.4, 0.5) is 4.39 Å². The lowest BCUT2D eigenvalue weighted by atomic mass is 10.1. The van der Waals surface area contributed by atoms with Crippen molar-refractivity contribution in [3.05, 3.63) is 28.5 Å². The number of benzene rings is 1. The van der Waals surface area contributed by atoms with Gasteiger partial charge in [0.1, 0.15) is 18.2 Å². The molecule has 0 amide bonds. The molecule has 0 atom stereocenters. The van der Waals surface area contributed by atoms with Crippen molar-refractivity contribution in [3.8, 4) is 5.75 Å². The third kappa shape index (κ3) is 6.36. The van der Waals surface area contributed by atoms with Crippen LogP contribution in [0.25, 0.3) is 0 Å². The van der Waals surface area contributed by atoms with Gasteiger partial charge in [0.05, 0.1) is 4.47 Å². The topological polar surface area (TPSA) is 21.3 Å². The standard InChI is InChI=1S/C14H21BrFNO/c1-11(2)4-3-7-17-8-9-18-14-6-5-12(16)10-13(14)15/h5-6,10-11,17H,3-4,7-9H2,1-2H3. The molecule has 0 aliphatic carbocycles. The quantitative estimate of drug-likeness (QED) is 0.732. The fourth-order valence-electron chi connectivity index (χ4n) is 1.59. The second-order valence-electron chi connectivity index (χ2n) is 4.71. The Labute approximate surface area is 117 Å². The average Bonchev–Trinajstić information content (AvgIpc) is 2.30. The molecular weight excluding hydrogens is 297 g/mol. The van der Waals surface area contributed by atoms with Crippen molar-refractivity contribution in [1.82, 2.24) is 5.32 Å². The molecule has 0 saturated carbocycles. The van der Waals surface area contributed by atoms with E-state index in [0.717, 1.165) is 19.0 Å². The molecule has 1 aromatic rings. The van der Waals surface area contributed by atoms with Crippen LogP contribution in [0, 0.1) is 11.7 Å². The van der Waals surface area contributed by atoms with Crippen LogP contribution in [0.3, 0.4) is 0 Å². The van der Waals surface area contributed by atoms with Crippen LogP contribution in [-0.4, -0.2) is 19.7 Å². The van der Waals surface area contributed by atoms with Crippen LogP contribution in [-0.2, 0) is 0 Å². The Morgan fingerprint density at radius 1 is 1.33 bits per heavy atom. The van der Waals surface area contributed by atoms with Gasteiger partial charge in [-0.05, 0) is 59.4 Å². The second-order valence-corrected chi connectivity index (χ2v) is 5.56. The SMILES string of the molecule is CC(C)CCCNCCOc1ccc(F)cc1Br. The lowest BCUT2D eigenvalue weighted by Crippen LogP contribution is -2.22. The van der Waals surface area contributed by atoms with Crippen molar-refractivity contribution in [2.75, 3.05) is 19.7 Å². The first-order valence-corrected chi connectivity index (χ1v) is 7.17. The summed E-state index contributed by atoms with van der Waals surface area (Å²) in [7, 11) is 0. The van der Waals surface area contributed by atoms with E-state index >= 15 is 0 Å². The van der Waals surface area contributed by atoms with Crippen molar-refractivity contribution in [1.29, 1.82) is 0 Å². The minimum atomic E-state index is -0.263. The van der Waals surface area contributed by atoms with Gasteiger partial charge >= 0.3 is 0 Å². The van der Waals surface area contributed by atoms with Gasteiger partial charge in [-0.2, -0.15) is 0 Å². The van der Waals surface area contributed by atoms with E-state index in [-0.39, 0.29) is 5.82 Å². The molecule has 0 bridgehead atoms. The molecule has 1 aromatic carbocycles. The van der Waals surface area contributed by atoms with Crippen LogP contribution < -0.4 is 10.1 Å². The molecule has 0 radical (unpaired) electrons. The monoisotopic (exact) mass is 317 g/mol. The first kappa shape index (κ1) is 15.4. The van der Waals surface area contributed by atoms with Crippen LogP contribution in [0.5, 0.6) is 5.75 Å². The molecule has 0 fully saturated rings. The van der Waals surface area contributed by atoms with Gasteiger partial charge in [0.2, 0.25) is 0 Å². The average molecular weight is 318 g/mol. The summed E-state index contributed by atoms with van der Waals surface area (Å²) in [4.78, 5) is 0. The number of hydrogen-bond donors (Lipinski definition) is 1. The smallest absolute Gasteiger partial charge is 0.133 e. The summed E-state index contributed by atoms with van der Waals surface area (Å²) < 4.78 is 19.0. The highest BCUT2D eigenvalue weighted by molar-refractivity contribution is 9.10. The van der Waals surface area contributed by atoms with E-state index in [1.165, 1.54) is 25.0 Å². The Kier molecular flexibility index (Phi) is 7.28. The van der Waals surface area contributed by atoms with Crippen LogP contribution in [0.15, 0.2) is 22.7 Å². The van der Waals surface area contributed by atoms with E-state index in [0.29, 0.717) is 16.8 Å². The highest BCUT2D eigenvalue weighted by Crippen LogP contribution is 2.25. The number of rotatable bonds is 8. The molecule has 4 heteroatoms. The maximum atomic E-state index is 12.8. The normalized spacial score (nSPS) is 10.9. The Hall–Kier alpha value is -0.610. The molecule has 1 N–H and O–H groups in total. The van der Waals surface area contributed by atoms with Gasteiger partial charge in [-0.3, -0.25) is 0 Å². The summed E-state index contributed by atoms with van der Waals surface area (Å²) in [6.45, 7) is 6.88. The Morgan fingerprint density at radius 3 is 2.78 bits per heavy atom. The third-order valence-corrected chi connectivity index (χ3v) is 3.19. The minimum Gasteiger partial charge on any atom is -0.491 e. The molecule has 18 heavy (non-hydrogen) atoms. The molecule has 2 nitrogen and oxygen atoms in total. The highest BCUT2D eigenvalue weighted by atomic mass is 79.9. The van der Waals surface area contributed by atoms with Gasteiger partial charge in [0.15, 0.2) is 0 Å². The van der Waals surface area contributed by atoms with Gasteiger partial charge < -0.3 is 10.1 Å². The molecule has 102 valence electrons. The summed E-state index contributed by atoms with van der Waals surface area (Å²) in [6, 6.07) is 4.44. The molecule has 0 unspecified atom stereocenters. The van der Waals surface area contributed by atoms with Crippen LogP contribution in [0.1, 0.15) is 26.7 Å². The van der Waals surface area contributed by atoms with E-state index in [4.69, 9.17) is 4.74 Å². The van der Waals surface area contributed by atoms with Crippen molar-refractivity contribution in [2.24, 2.45) is 5.92 Å². The zero-order chi connectivity index (χ0) is 13.4. The van der Waals surface area contributed by atoms with E-state index in [2.05, 4.69) is 35.1 Å². The Morgan fingerprint density at radius 2 is 2.11 bits per heavy atom. The van der Waals surface area contributed by atoms with E-state index in [1.807, 2.05) is 0 Å². The highest BCUT2D eigenvalue weighted by Gasteiger charge is 2.02. The summed E-state index contributed by atoms with van der Waals surface area (Å²) >= 11 is 3.27. The predicted octanol–water partition coefficient (Wildman–Crippen LogP) is 3.99. The fourth-order valence-corrected chi connectivity index (χ4v) is 2.05. The summed E-state index contributed by atoms with van der Waals surface area (Å²) in [5.41, 5.74) is 0. The number of hydrogen-bond acceptors (Lipinski definition) is 2. The summed E-state index contributed by atoms with van der Waals surface area (Å²) in [5.74, 6) is 1.18. The Balaban J connectivity index is 2.11. The maximum absolute atomic E-state index is 12.8. The van der Waals surface area contributed by atoms with Gasteiger partial charge in [-0.1, -0.05) is 13.8 Å². The lowest BCUT2D eigenvalue weighted by molar-refractivity contribution is 0.310. The maximum Gasteiger partial charge on any atom is 0.133 e. The molecule has 0 spiro atoms. The zero-order valence-electron chi connectivity index (χ0n) is 11.0. The van der Waals surface area contributed by atoms with Gasteiger partial charge in [0, 0.05) is 6.54 Å². The van der Waals surface area contributed by atoms with E-state index < -0.39 is 0 Å². The molecule has 0 heterocycles. The van der Waals surface area contributed by atoms with Crippen LogP contribution in [0.2, 0.25) is 0 Å². The molecule has 0 aromatic heterocycles. The Bertz CT molecular complexity index is 358. The fraction of sp³-hybridized carbons (Fsp3) is 0.571. The number of nitrogens with one attached hydrogen (secondary N) is 1. The van der Waals surface area contributed by atoms with Crippen LogP contribution >= 0.6 is 15.9 Å². The molecule has 0 saturated heterocycles. The van der Waals surface area contributed by atoms with Gasteiger partial charge in [0.25, 0.3) is 0 Å². The summed E-state index contributed by atoms with van der Waals surface area (Å²) in [5, 5.41) is 3.33. The first-order chi connectivity index (χ1) is 8.59. The predicted molar refractivity (Wildman–Crippen MR) is 76.5 cm³/mol. The zero-order valence-corrected chi connectivity index (χ0v) is 12.6. The van der Waals surface area contributed by atoms with Gasteiger partial charge in [-0.15, -0.1) is 0 Å².